The summed E-state index contributed by atoms with van der Waals surface area (Å²) in [5, 5.41) is 23.4. The molecule has 4 N–H and O–H groups in total. The van der Waals surface area contributed by atoms with Gasteiger partial charge in [0.25, 0.3) is 0 Å². The Morgan fingerprint density at radius 3 is 1.44 bits per heavy atom. The van der Waals surface area contributed by atoms with Gasteiger partial charge < -0.3 is 39.8 Å². The zero-order valence-electron chi connectivity index (χ0n) is 28.0. The Labute approximate surface area is 289 Å². The lowest BCUT2D eigenvalue weighted by Crippen LogP contribution is -2.11. The lowest BCUT2D eigenvalue weighted by molar-refractivity contribution is -0.112. The molecule has 4 rings (SSSR count). The fourth-order valence-electron chi connectivity index (χ4n) is 4.38. The summed E-state index contributed by atoms with van der Waals surface area (Å²) in [6.07, 6.45) is 5.88. The van der Waals surface area contributed by atoms with Crippen molar-refractivity contribution in [2.75, 3.05) is 38.1 Å². The zero-order valence-corrected chi connectivity index (χ0v) is 28.0. The van der Waals surface area contributed by atoms with E-state index in [1.165, 1.54) is 36.4 Å². The van der Waals surface area contributed by atoms with Crippen molar-refractivity contribution in [3.05, 3.63) is 119 Å². The molecule has 12 nitrogen and oxygen atoms in total. The van der Waals surface area contributed by atoms with Crippen molar-refractivity contribution < 1.29 is 48.3 Å². The Morgan fingerprint density at radius 1 is 0.580 bits per heavy atom. The average molecular weight is 683 g/mol. The third-order valence-corrected chi connectivity index (χ3v) is 6.66. The van der Waals surface area contributed by atoms with Crippen LogP contribution in [0.5, 0.6) is 23.0 Å². The van der Waals surface area contributed by atoms with Gasteiger partial charge in [-0.1, -0.05) is 36.4 Å². The van der Waals surface area contributed by atoms with Gasteiger partial charge in [-0.15, -0.1) is 0 Å². The smallest absolute Gasteiger partial charge is 0.337 e. The lowest BCUT2D eigenvalue weighted by Gasteiger charge is -2.09. The number of hydrogen-bond acceptors (Lipinski definition) is 8. The number of rotatable bonds is 14. The van der Waals surface area contributed by atoms with Gasteiger partial charge in [-0.05, 0) is 85.7 Å². The maximum Gasteiger partial charge on any atom is 0.337 e. The van der Waals surface area contributed by atoms with Crippen LogP contribution in [-0.4, -0.2) is 61.4 Å². The van der Waals surface area contributed by atoms with E-state index in [0.29, 0.717) is 36.2 Å². The minimum absolute atomic E-state index is 0.0342. The number of hydrogen-bond donors (Lipinski definition) is 4. The molecule has 0 aliphatic carbocycles. The number of carbonyl (C=O) groups is 4. The van der Waals surface area contributed by atoms with E-state index in [0.717, 1.165) is 11.1 Å². The molecule has 4 aromatic carbocycles. The first-order valence-electron chi connectivity index (χ1n) is 15.3. The Morgan fingerprint density at radius 2 is 1.00 bits per heavy atom. The van der Waals surface area contributed by atoms with Crippen LogP contribution in [0.15, 0.2) is 97.1 Å². The van der Waals surface area contributed by atoms with Gasteiger partial charge in [-0.3, -0.25) is 9.59 Å². The number of carbonyl (C=O) groups excluding carboxylic acids is 2. The number of anilines is 2. The molecule has 0 aliphatic rings. The molecule has 0 bridgehead atoms. The predicted molar refractivity (Wildman–Crippen MR) is 190 cm³/mol. The summed E-state index contributed by atoms with van der Waals surface area (Å²) in [6, 6.07) is 23.1. The van der Waals surface area contributed by atoms with Crippen molar-refractivity contribution in [3.63, 3.8) is 0 Å². The van der Waals surface area contributed by atoms with E-state index in [9.17, 15) is 19.2 Å². The lowest BCUT2D eigenvalue weighted by atomic mass is 10.1. The van der Waals surface area contributed by atoms with Crippen molar-refractivity contribution >= 4 is 47.3 Å². The highest BCUT2D eigenvalue weighted by Gasteiger charge is 2.12. The van der Waals surface area contributed by atoms with E-state index in [-0.39, 0.29) is 22.5 Å². The summed E-state index contributed by atoms with van der Waals surface area (Å²) in [7, 11) is 3.10. The van der Waals surface area contributed by atoms with Gasteiger partial charge in [-0.2, -0.15) is 0 Å². The SMILES string of the molecule is CCOc1cc(/C=C/C(=O)Nc2ccccc2C(=O)O)ccc1OC.CCOc1ccc(/C=C/C(=O)Nc2ccccc2C(=O)O)cc1OC. The zero-order chi connectivity index (χ0) is 36.5. The summed E-state index contributed by atoms with van der Waals surface area (Å²) < 4.78 is 21.4. The van der Waals surface area contributed by atoms with E-state index >= 15 is 0 Å². The fourth-order valence-corrected chi connectivity index (χ4v) is 4.38. The number of carboxylic acids is 2. The van der Waals surface area contributed by atoms with E-state index in [1.54, 1.807) is 87.0 Å². The number of nitrogens with one attached hydrogen (secondary N) is 2. The van der Waals surface area contributed by atoms with Crippen molar-refractivity contribution in [2.45, 2.75) is 13.8 Å². The van der Waals surface area contributed by atoms with Gasteiger partial charge in [0, 0.05) is 12.2 Å². The van der Waals surface area contributed by atoms with Crippen LogP contribution in [0.4, 0.5) is 11.4 Å². The molecule has 260 valence electrons. The van der Waals surface area contributed by atoms with E-state index in [1.807, 2.05) is 13.8 Å². The molecule has 4 aromatic rings. The molecular formula is C38H38N2O10. The van der Waals surface area contributed by atoms with Gasteiger partial charge in [0.15, 0.2) is 23.0 Å². The summed E-state index contributed by atoms with van der Waals surface area (Å²) in [5.74, 6) is -0.665. The molecule has 0 unspecified atom stereocenters. The predicted octanol–water partition coefficient (Wildman–Crippen LogP) is 6.89. The topological polar surface area (TPSA) is 170 Å². The van der Waals surface area contributed by atoms with Gasteiger partial charge in [0.1, 0.15) is 0 Å². The van der Waals surface area contributed by atoms with E-state index in [2.05, 4.69) is 10.6 Å². The molecule has 0 aromatic heterocycles. The third-order valence-electron chi connectivity index (χ3n) is 6.66. The Kier molecular flexibility index (Phi) is 14.6. The summed E-state index contributed by atoms with van der Waals surface area (Å²) >= 11 is 0. The molecule has 2 amide bonds. The number of amides is 2. The molecule has 12 heteroatoms. The monoisotopic (exact) mass is 682 g/mol. The molecule has 50 heavy (non-hydrogen) atoms. The first-order valence-corrected chi connectivity index (χ1v) is 15.3. The van der Waals surface area contributed by atoms with E-state index in [4.69, 9.17) is 29.2 Å². The van der Waals surface area contributed by atoms with Crippen LogP contribution >= 0.6 is 0 Å². The molecule has 0 radical (unpaired) electrons. The standard InChI is InChI=1S/2C19H19NO5/c1-3-25-16-10-8-13(12-17(16)24-2)9-11-18(21)20-15-7-5-4-6-14(15)19(22)23;1-3-25-17-12-13(8-10-16(17)24-2)9-11-18(21)20-15-7-5-4-6-14(15)19(22)23/h2*4-12H,3H2,1-2H3,(H,20,21)(H,22,23)/b2*11-9+. The number of methoxy groups -OCH3 is 2. The van der Waals surface area contributed by atoms with Crippen molar-refractivity contribution in [1.82, 2.24) is 0 Å². The molecule has 0 atom stereocenters. The van der Waals surface area contributed by atoms with Crippen molar-refractivity contribution in [2.24, 2.45) is 0 Å². The van der Waals surface area contributed by atoms with E-state index < -0.39 is 23.8 Å². The van der Waals surface area contributed by atoms with Gasteiger partial charge in [0.2, 0.25) is 11.8 Å². The number of para-hydroxylation sites is 2. The molecule has 0 aliphatic heterocycles. The number of aromatic carboxylic acids is 2. The van der Waals surface area contributed by atoms with Crippen LogP contribution in [0.1, 0.15) is 45.7 Å². The van der Waals surface area contributed by atoms with Gasteiger partial charge >= 0.3 is 11.9 Å². The summed E-state index contributed by atoms with van der Waals surface area (Å²) in [6.45, 7) is 4.77. The Hall–Kier alpha value is -6.56. The van der Waals surface area contributed by atoms with Crippen LogP contribution in [0.3, 0.4) is 0 Å². The van der Waals surface area contributed by atoms with Crippen LogP contribution < -0.4 is 29.6 Å². The fraction of sp³-hybridized carbons (Fsp3) is 0.158. The molecule has 0 heterocycles. The first-order chi connectivity index (χ1) is 24.1. The highest BCUT2D eigenvalue weighted by atomic mass is 16.5. The largest absolute Gasteiger partial charge is 0.493 e. The van der Waals surface area contributed by atoms with Crippen LogP contribution in [-0.2, 0) is 9.59 Å². The van der Waals surface area contributed by atoms with Gasteiger partial charge in [-0.25, -0.2) is 9.59 Å². The highest BCUT2D eigenvalue weighted by molar-refractivity contribution is 6.07. The minimum Gasteiger partial charge on any atom is -0.493 e. The van der Waals surface area contributed by atoms with Crippen LogP contribution in [0.25, 0.3) is 12.2 Å². The Balaban J connectivity index is 0.000000270. The quantitative estimate of drug-likeness (QED) is 0.103. The minimum atomic E-state index is -1.10. The third kappa shape index (κ3) is 11.3. The highest BCUT2D eigenvalue weighted by Crippen LogP contribution is 2.29. The van der Waals surface area contributed by atoms with Crippen LogP contribution in [0, 0.1) is 0 Å². The Bertz CT molecular complexity index is 1870. The maximum atomic E-state index is 12.0. The second-order valence-electron chi connectivity index (χ2n) is 10.0. The first kappa shape index (κ1) is 37.9. The number of ether oxygens (including phenoxy) is 4. The second-order valence-corrected chi connectivity index (χ2v) is 10.0. The normalized spacial score (nSPS) is 10.5. The molecule has 0 spiro atoms. The second kappa shape index (κ2) is 19.3. The maximum absolute atomic E-state index is 12.0. The number of carboxylic acid groups (broad SMARTS) is 2. The van der Waals surface area contributed by atoms with Crippen molar-refractivity contribution in [3.8, 4) is 23.0 Å². The molecule has 0 saturated carbocycles. The summed E-state index contributed by atoms with van der Waals surface area (Å²) in [5.41, 5.74) is 2.07. The summed E-state index contributed by atoms with van der Waals surface area (Å²) in [4.78, 5) is 46.4. The van der Waals surface area contributed by atoms with Crippen molar-refractivity contribution in [1.29, 1.82) is 0 Å². The molecule has 0 saturated heterocycles. The van der Waals surface area contributed by atoms with Gasteiger partial charge in [0.05, 0.1) is 49.9 Å². The number of benzene rings is 4. The molecular weight excluding hydrogens is 644 g/mol. The molecule has 0 fully saturated rings. The average Bonchev–Trinajstić information content (AvgIpc) is 3.11. The van der Waals surface area contributed by atoms with Crippen LogP contribution in [0.2, 0.25) is 0 Å².